The fourth-order valence-electron chi connectivity index (χ4n) is 0.985. The Hall–Kier alpha value is -0.530. The standard InChI is InChI=1S/C6H11NO/c8-6-7-4-2-1-3-5-7/h6H,1-5H2/i6D. The Kier molecular flexibility index (Phi) is 1.47. The van der Waals surface area contributed by atoms with E-state index in [0.717, 1.165) is 25.9 Å². The first-order chi connectivity index (χ1) is 4.30. The molecule has 1 rings (SSSR count). The van der Waals surface area contributed by atoms with Crippen LogP contribution in [-0.2, 0) is 4.79 Å². The van der Waals surface area contributed by atoms with E-state index in [-0.39, 0.29) is 0 Å². The highest BCUT2D eigenvalue weighted by molar-refractivity contribution is 5.46. The van der Waals surface area contributed by atoms with Crippen molar-refractivity contribution in [1.82, 2.24) is 4.90 Å². The quantitative estimate of drug-likeness (QED) is 0.423. The van der Waals surface area contributed by atoms with Crippen LogP contribution in [0.15, 0.2) is 0 Å². The maximum atomic E-state index is 10.4. The number of likely N-dealkylation sites (tertiary alicyclic amines) is 1. The molecule has 0 bridgehead atoms. The van der Waals surface area contributed by atoms with Gasteiger partial charge in [-0.2, -0.15) is 0 Å². The van der Waals surface area contributed by atoms with Gasteiger partial charge < -0.3 is 4.90 Å². The molecule has 0 aromatic heterocycles. The van der Waals surface area contributed by atoms with Crippen molar-refractivity contribution in [2.75, 3.05) is 13.1 Å². The third-order valence-electron chi connectivity index (χ3n) is 1.49. The minimum atomic E-state index is -0.519. The second kappa shape index (κ2) is 2.70. The molecule has 0 aromatic rings. The Morgan fingerprint density at radius 2 is 2.00 bits per heavy atom. The van der Waals surface area contributed by atoms with Crippen LogP contribution in [0.1, 0.15) is 20.6 Å². The van der Waals surface area contributed by atoms with E-state index in [1.54, 1.807) is 4.90 Å². The molecule has 2 heteroatoms. The topological polar surface area (TPSA) is 20.3 Å². The number of amides is 1. The molecule has 1 aliphatic rings. The van der Waals surface area contributed by atoms with Gasteiger partial charge in [0.15, 0.2) is 0 Å². The van der Waals surface area contributed by atoms with Crippen molar-refractivity contribution in [2.24, 2.45) is 0 Å². The van der Waals surface area contributed by atoms with Crippen LogP contribution in [-0.4, -0.2) is 24.4 Å². The number of carbonyl (C=O) groups excluding carboxylic acids is 1. The summed E-state index contributed by atoms with van der Waals surface area (Å²) in [5, 5.41) is 0. The lowest BCUT2D eigenvalue weighted by Gasteiger charge is -2.21. The number of hydrogen-bond donors (Lipinski definition) is 0. The highest BCUT2D eigenvalue weighted by Crippen LogP contribution is 2.05. The van der Waals surface area contributed by atoms with E-state index in [4.69, 9.17) is 1.37 Å². The number of hydrogen-bond acceptors (Lipinski definition) is 1. The van der Waals surface area contributed by atoms with Gasteiger partial charge in [-0.25, -0.2) is 0 Å². The second-order valence-corrected chi connectivity index (χ2v) is 2.14. The first-order valence-electron chi connectivity index (χ1n) is 3.56. The molecule has 0 spiro atoms. The van der Waals surface area contributed by atoms with Crippen LogP contribution in [0.3, 0.4) is 0 Å². The monoisotopic (exact) mass is 114 g/mol. The zero-order valence-electron chi connectivity index (χ0n) is 5.89. The van der Waals surface area contributed by atoms with Crippen LogP contribution in [0.4, 0.5) is 0 Å². The summed E-state index contributed by atoms with van der Waals surface area (Å²) in [7, 11) is 0. The minimum absolute atomic E-state index is 0.519. The van der Waals surface area contributed by atoms with E-state index in [0.29, 0.717) is 0 Å². The maximum Gasteiger partial charge on any atom is 0.209 e. The highest BCUT2D eigenvalue weighted by Gasteiger charge is 2.05. The summed E-state index contributed by atoms with van der Waals surface area (Å²) >= 11 is 0. The molecule has 1 aliphatic heterocycles. The summed E-state index contributed by atoms with van der Waals surface area (Å²) in [5.74, 6) is 0. The van der Waals surface area contributed by atoms with Crippen LogP contribution in [0.25, 0.3) is 0 Å². The van der Waals surface area contributed by atoms with Gasteiger partial charge in [-0.15, -0.1) is 0 Å². The molecular weight excluding hydrogens is 102 g/mol. The molecule has 0 aromatic carbocycles. The number of rotatable bonds is 0. The van der Waals surface area contributed by atoms with Gasteiger partial charge in [-0.3, -0.25) is 4.79 Å². The van der Waals surface area contributed by atoms with E-state index in [9.17, 15) is 4.79 Å². The van der Waals surface area contributed by atoms with Gasteiger partial charge in [-0.1, -0.05) is 0 Å². The molecule has 1 fully saturated rings. The summed E-state index contributed by atoms with van der Waals surface area (Å²) in [6, 6.07) is 0. The maximum absolute atomic E-state index is 10.4. The van der Waals surface area contributed by atoms with Crippen LogP contribution < -0.4 is 0 Å². The molecule has 0 saturated carbocycles. The Labute approximate surface area is 50.9 Å². The van der Waals surface area contributed by atoms with E-state index in [2.05, 4.69) is 0 Å². The molecular formula is C6H11NO. The van der Waals surface area contributed by atoms with Crippen molar-refractivity contribution in [1.29, 1.82) is 0 Å². The van der Waals surface area contributed by atoms with Gasteiger partial charge in [0, 0.05) is 13.1 Å². The highest BCUT2D eigenvalue weighted by atomic mass is 16.1. The smallest absolute Gasteiger partial charge is 0.209 e. The van der Waals surface area contributed by atoms with Crippen molar-refractivity contribution in [3.8, 4) is 0 Å². The Bertz CT molecular complexity index is 110. The summed E-state index contributed by atoms with van der Waals surface area (Å²) in [6.07, 6.45) is 2.84. The van der Waals surface area contributed by atoms with Crippen molar-refractivity contribution >= 4 is 6.39 Å². The predicted molar refractivity (Wildman–Crippen MR) is 31.5 cm³/mol. The predicted octanol–water partition coefficient (Wildman–Crippen LogP) is 0.629. The average molecular weight is 114 g/mol. The molecule has 0 unspecified atom stereocenters. The van der Waals surface area contributed by atoms with Crippen LogP contribution in [0.2, 0.25) is 0 Å². The third-order valence-corrected chi connectivity index (χ3v) is 1.49. The van der Waals surface area contributed by atoms with Gasteiger partial charge in [-0.05, 0) is 19.3 Å². The molecule has 0 N–H and O–H groups in total. The van der Waals surface area contributed by atoms with E-state index in [1.165, 1.54) is 6.42 Å². The first kappa shape index (κ1) is 4.36. The minimum Gasteiger partial charge on any atom is -0.345 e. The molecule has 1 heterocycles. The van der Waals surface area contributed by atoms with Gasteiger partial charge in [0.05, 0.1) is 0 Å². The first-order valence-corrected chi connectivity index (χ1v) is 3.06. The van der Waals surface area contributed by atoms with E-state index >= 15 is 0 Å². The van der Waals surface area contributed by atoms with Gasteiger partial charge in [0.1, 0.15) is 1.37 Å². The molecule has 0 radical (unpaired) electrons. The fourth-order valence-corrected chi connectivity index (χ4v) is 0.985. The lowest BCUT2D eigenvalue weighted by molar-refractivity contribution is -0.118. The molecule has 2 nitrogen and oxygen atoms in total. The zero-order valence-corrected chi connectivity index (χ0v) is 4.89. The van der Waals surface area contributed by atoms with Crippen molar-refractivity contribution < 1.29 is 6.17 Å². The normalized spacial score (nSPS) is 22.5. The third kappa shape index (κ3) is 1.22. The molecule has 1 amide bonds. The number of nitrogens with zero attached hydrogens (tertiary/aromatic N) is 1. The summed E-state index contributed by atoms with van der Waals surface area (Å²) in [4.78, 5) is 12.0. The van der Waals surface area contributed by atoms with Crippen molar-refractivity contribution in [2.45, 2.75) is 19.3 Å². The van der Waals surface area contributed by atoms with Crippen molar-refractivity contribution in [3.63, 3.8) is 0 Å². The summed E-state index contributed by atoms with van der Waals surface area (Å²) in [5.41, 5.74) is 0. The number of piperidine rings is 1. The zero-order chi connectivity index (χ0) is 6.69. The van der Waals surface area contributed by atoms with Crippen LogP contribution in [0.5, 0.6) is 0 Å². The fraction of sp³-hybridized carbons (Fsp3) is 0.833. The molecule has 0 aliphatic carbocycles. The van der Waals surface area contributed by atoms with Gasteiger partial charge in [0.2, 0.25) is 6.39 Å². The number of carbonyl (C=O) groups is 1. The lowest BCUT2D eigenvalue weighted by atomic mass is 10.1. The molecule has 0 atom stereocenters. The molecule has 1 saturated heterocycles. The Morgan fingerprint density at radius 3 is 2.38 bits per heavy atom. The largest absolute Gasteiger partial charge is 0.345 e. The average Bonchev–Trinajstić information content (AvgIpc) is 1.90. The Balaban J connectivity index is 2.31. The summed E-state index contributed by atoms with van der Waals surface area (Å²) in [6.45, 7) is 1.59. The van der Waals surface area contributed by atoms with Gasteiger partial charge in [0.25, 0.3) is 0 Å². The SMILES string of the molecule is [2H]C(=O)N1CCCCC1. The van der Waals surface area contributed by atoms with Crippen LogP contribution in [0, 0.1) is 0 Å². The molecule has 8 heavy (non-hydrogen) atoms. The lowest BCUT2D eigenvalue weighted by Crippen LogP contribution is -2.27. The van der Waals surface area contributed by atoms with Crippen LogP contribution >= 0.6 is 0 Å². The molecule has 46 valence electrons. The second-order valence-electron chi connectivity index (χ2n) is 2.14. The van der Waals surface area contributed by atoms with Crippen molar-refractivity contribution in [3.05, 3.63) is 0 Å². The van der Waals surface area contributed by atoms with E-state index in [1.807, 2.05) is 0 Å². The Morgan fingerprint density at radius 1 is 1.38 bits per heavy atom. The summed E-state index contributed by atoms with van der Waals surface area (Å²) < 4.78 is 6.76. The van der Waals surface area contributed by atoms with E-state index < -0.39 is 6.39 Å². The van der Waals surface area contributed by atoms with Gasteiger partial charge >= 0.3 is 0 Å².